The van der Waals surface area contributed by atoms with E-state index >= 15 is 0 Å². The Morgan fingerprint density at radius 2 is 0.851 bits per heavy atom. The van der Waals surface area contributed by atoms with Crippen molar-refractivity contribution in [3.63, 3.8) is 0 Å². The molecule has 0 saturated heterocycles. The van der Waals surface area contributed by atoms with Crippen LogP contribution in [-0.4, -0.2) is 14.5 Å². The molecule has 67 heavy (non-hydrogen) atoms. The molecule has 3 aliphatic rings. The predicted octanol–water partition coefficient (Wildman–Crippen LogP) is 14.8. The Morgan fingerprint density at radius 3 is 1.43 bits per heavy atom. The Kier molecular flexibility index (Phi) is 7.89. The van der Waals surface area contributed by atoms with E-state index < -0.39 is 10.8 Å². The summed E-state index contributed by atoms with van der Waals surface area (Å²) in [5.41, 5.74) is 21.1. The van der Waals surface area contributed by atoms with Gasteiger partial charge in [-0.1, -0.05) is 157 Å². The maximum atomic E-state index is 5.37. The number of para-hydroxylation sites is 4. The molecule has 8 aromatic carbocycles. The molecule has 0 unspecified atom stereocenters. The van der Waals surface area contributed by atoms with Crippen molar-refractivity contribution in [2.45, 2.75) is 24.7 Å². The summed E-state index contributed by atoms with van der Waals surface area (Å²) in [6.45, 7) is 4.46. The number of aryl methyl sites for hydroxylation is 2. The molecule has 11 aromatic rings. The second-order valence-electron chi connectivity index (χ2n) is 18.3. The summed E-state index contributed by atoms with van der Waals surface area (Å²) in [4.78, 5) is 15.0. The number of aromatic nitrogens is 3. The fourth-order valence-electron chi connectivity index (χ4n) is 12.3. The van der Waals surface area contributed by atoms with Gasteiger partial charge in [0.05, 0.1) is 62.0 Å². The first-order valence-electron chi connectivity index (χ1n) is 23.2. The van der Waals surface area contributed by atoms with Crippen molar-refractivity contribution in [3.05, 3.63) is 280 Å². The van der Waals surface area contributed by atoms with Gasteiger partial charge >= 0.3 is 0 Å². The summed E-state index contributed by atoms with van der Waals surface area (Å²) < 4.78 is 2.28. The molecule has 5 heterocycles. The normalized spacial score (nSPS) is 14.6. The van der Waals surface area contributed by atoms with Gasteiger partial charge in [-0.05, 0) is 125 Å². The molecule has 5 heteroatoms. The SMILES string of the molecule is Cc1ccc2c(c1)C1(c3cc(C)ccc3N2c2ccc(-n3c4ccccc4c4ncccc43)cn2)c2ccccc2C2(c3ccccc3N(c3ccccc3)c3ccccc32)c2ccccc21. The molecule has 5 nitrogen and oxygen atoms in total. The van der Waals surface area contributed by atoms with E-state index in [-0.39, 0.29) is 0 Å². The third-order valence-corrected chi connectivity index (χ3v) is 14.8. The van der Waals surface area contributed by atoms with Crippen molar-refractivity contribution in [1.29, 1.82) is 0 Å². The summed E-state index contributed by atoms with van der Waals surface area (Å²) in [6, 6.07) is 78.7. The summed E-state index contributed by atoms with van der Waals surface area (Å²) in [6.07, 6.45) is 3.89. The zero-order chi connectivity index (χ0) is 44.4. The molecule has 14 rings (SSSR count). The van der Waals surface area contributed by atoms with Gasteiger partial charge in [0.15, 0.2) is 0 Å². The van der Waals surface area contributed by atoms with Gasteiger partial charge in [0.2, 0.25) is 0 Å². The Hall–Kier alpha value is -8.54. The first kappa shape index (κ1) is 37.8. The monoisotopic (exact) mass is 857 g/mol. The van der Waals surface area contributed by atoms with Crippen molar-refractivity contribution in [3.8, 4) is 5.69 Å². The zero-order valence-electron chi connectivity index (χ0n) is 37.1. The highest BCUT2D eigenvalue weighted by molar-refractivity contribution is 6.07. The van der Waals surface area contributed by atoms with Crippen LogP contribution in [0, 0.1) is 13.8 Å². The van der Waals surface area contributed by atoms with Crippen LogP contribution in [0.5, 0.6) is 0 Å². The average Bonchev–Trinajstić information content (AvgIpc) is 3.72. The molecule has 3 aromatic heterocycles. The third-order valence-electron chi connectivity index (χ3n) is 14.8. The highest BCUT2D eigenvalue weighted by Gasteiger charge is 2.59. The van der Waals surface area contributed by atoms with E-state index in [2.05, 4.69) is 234 Å². The molecular weight excluding hydrogens is 815 g/mol. The number of pyridine rings is 2. The van der Waals surface area contributed by atoms with Crippen LogP contribution in [0.15, 0.2) is 225 Å². The highest BCUT2D eigenvalue weighted by atomic mass is 15.2. The molecule has 0 saturated carbocycles. The number of hydrogen-bond donors (Lipinski definition) is 0. The van der Waals surface area contributed by atoms with Crippen LogP contribution in [0.2, 0.25) is 0 Å². The molecule has 0 amide bonds. The molecule has 0 fully saturated rings. The summed E-state index contributed by atoms with van der Waals surface area (Å²) in [5.74, 6) is 0.859. The van der Waals surface area contributed by atoms with Crippen molar-refractivity contribution in [2.75, 3.05) is 9.80 Å². The zero-order valence-corrected chi connectivity index (χ0v) is 37.1. The Morgan fingerprint density at radius 1 is 0.358 bits per heavy atom. The largest absolute Gasteiger partial charge is 0.310 e. The minimum atomic E-state index is -0.687. The van der Waals surface area contributed by atoms with E-state index in [0.717, 1.165) is 50.5 Å². The number of hydrogen-bond acceptors (Lipinski definition) is 4. The van der Waals surface area contributed by atoms with Gasteiger partial charge in [0.25, 0.3) is 0 Å². The minimum Gasteiger partial charge on any atom is -0.310 e. The van der Waals surface area contributed by atoms with Gasteiger partial charge in [-0.15, -0.1) is 0 Å². The van der Waals surface area contributed by atoms with E-state index in [0.29, 0.717) is 0 Å². The molecule has 2 aliphatic heterocycles. The van der Waals surface area contributed by atoms with Crippen molar-refractivity contribution < 1.29 is 0 Å². The van der Waals surface area contributed by atoms with E-state index in [1.807, 2.05) is 18.5 Å². The smallest absolute Gasteiger partial charge is 0.137 e. The average molecular weight is 858 g/mol. The van der Waals surface area contributed by atoms with E-state index in [9.17, 15) is 0 Å². The highest BCUT2D eigenvalue weighted by Crippen LogP contribution is 2.68. The number of benzene rings is 8. The standard InChI is InChI=1S/C62H43N5/c1-40-30-33-56-51(37-40)62(52-38-41(2)31-34-57(52)67(56)59-35-32-43(39-64-59)66-53-26-13-6-19-44(53)60-58(66)29-16-36-63-60)47-22-9-7-20-45(47)61(46-21-8-10-23-48(46)62)49-24-11-14-27-54(49)65(42-17-4-3-5-18-42)55-28-15-12-25-50(55)61/h3-39H,1-2H3. The molecular formula is C62H43N5. The second kappa shape index (κ2) is 14.0. The Balaban J connectivity index is 1.04. The summed E-state index contributed by atoms with van der Waals surface area (Å²) >= 11 is 0. The van der Waals surface area contributed by atoms with Crippen molar-refractivity contribution in [2.24, 2.45) is 0 Å². The number of rotatable bonds is 3. The molecule has 0 radical (unpaired) electrons. The van der Waals surface area contributed by atoms with Gasteiger partial charge in [0.1, 0.15) is 5.82 Å². The lowest BCUT2D eigenvalue weighted by Crippen LogP contribution is -2.49. The topological polar surface area (TPSA) is 37.2 Å². The van der Waals surface area contributed by atoms with Crippen molar-refractivity contribution in [1.82, 2.24) is 14.5 Å². The first-order chi connectivity index (χ1) is 33.1. The first-order valence-corrected chi connectivity index (χ1v) is 23.2. The fraction of sp³-hybridized carbons (Fsp3) is 0.0645. The molecule has 0 atom stereocenters. The van der Waals surface area contributed by atoms with Gasteiger partial charge in [-0.2, -0.15) is 0 Å². The summed E-state index contributed by atoms with van der Waals surface area (Å²) in [5, 5.41) is 1.13. The van der Waals surface area contributed by atoms with Crippen LogP contribution in [0.1, 0.15) is 55.6 Å². The van der Waals surface area contributed by atoms with Crippen LogP contribution in [0.3, 0.4) is 0 Å². The van der Waals surface area contributed by atoms with Crippen LogP contribution >= 0.6 is 0 Å². The maximum absolute atomic E-state index is 5.37. The van der Waals surface area contributed by atoms with Crippen LogP contribution < -0.4 is 9.80 Å². The Bertz CT molecular complexity index is 3600. The Labute approximate surface area is 389 Å². The lowest BCUT2D eigenvalue weighted by molar-refractivity contribution is 0.607. The lowest BCUT2D eigenvalue weighted by Gasteiger charge is -2.56. The third kappa shape index (κ3) is 4.92. The van der Waals surface area contributed by atoms with E-state index in [4.69, 9.17) is 9.97 Å². The van der Waals surface area contributed by atoms with Gasteiger partial charge < -0.3 is 9.47 Å². The van der Waals surface area contributed by atoms with Crippen LogP contribution in [0.4, 0.5) is 34.3 Å². The molecule has 316 valence electrons. The predicted molar refractivity (Wildman–Crippen MR) is 273 cm³/mol. The van der Waals surface area contributed by atoms with Crippen molar-refractivity contribution >= 4 is 56.2 Å². The van der Waals surface area contributed by atoms with Gasteiger partial charge in [-0.25, -0.2) is 4.98 Å². The second-order valence-corrected chi connectivity index (χ2v) is 18.3. The molecule has 2 spiro atoms. The molecule has 0 bridgehead atoms. The van der Waals surface area contributed by atoms with Crippen LogP contribution in [0.25, 0.3) is 27.6 Å². The van der Waals surface area contributed by atoms with Gasteiger partial charge in [-0.3, -0.25) is 9.88 Å². The van der Waals surface area contributed by atoms with Gasteiger partial charge in [0, 0.05) is 17.3 Å². The molecule has 0 N–H and O–H groups in total. The number of nitrogens with zero attached hydrogens (tertiary/aromatic N) is 5. The summed E-state index contributed by atoms with van der Waals surface area (Å²) in [7, 11) is 0. The maximum Gasteiger partial charge on any atom is 0.137 e. The minimum absolute atomic E-state index is 0.637. The molecule has 1 aliphatic carbocycles. The van der Waals surface area contributed by atoms with E-state index in [1.165, 1.54) is 67.0 Å². The van der Waals surface area contributed by atoms with E-state index in [1.54, 1.807) is 0 Å². The number of fused-ring (bicyclic) bond motifs is 17. The number of anilines is 6. The lowest BCUT2D eigenvalue weighted by atomic mass is 9.49. The van der Waals surface area contributed by atoms with Crippen LogP contribution in [-0.2, 0) is 10.8 Å². The fourth-order valence-corrected chi connectivity index (χ4v) is 12.3. The quantitative estimate of drug-likeness (QED) is 0.177.